The number of hydrogen-bond acceptors (Lipinski definition) is 2. The first-order chi connectivity index (χ1) is 8.66. The predicted octanol–water partition coefficient (Wildman–Crippen LogP) is 3.98. The van der Waals surface area contributed by atoms with E-state index in [0.29, 0.717) is 5.92 Å². The van der Waals surface area contributed by atoms with Crippen molar-refractivity contribution in [3.63, 3.8) is 0 Å². The van der Waals surface area contributed by atoms with Crippen molar-refractivity contribution in [3.05, 3.63) is 41.7 Å². The Morgan fingerprint density at radius 1 is 1.39 bits per heavy atom. The maximum absolute atomic E-state index is 6.05. The molecule has 1 N–H and O–H groups in total. The highest BCUT2D eigenvalue weighted by molar-refractivity contribution is 6.31. The molecule has 0 aliphatic carbocycles. The van der Waals surface area contributed by atoms with Crippen LogP contribution in [0.1, 0.15) is 20.3 Å². The topological polar surface area (TPSA) is 29.9 Å². The van der Waals surface area contributed by atoms with Crippen molar-refractivity contribution in [2.75, 3.05) is 11.9 Å². The average molecular weight is 264 g/mol. The molecule has 0 aliphatic heterocycles. The molecule has 1 aromatic carbocycles. The van der Waals surface area contributed by atoms with Gasteiger partial charge in [0.2, 0.25) is 0 Å². The van der Waals surface area contributed by atoms with Crippen molar-refractivity contribution in [2.24, 2.45) is 5.92 Å². The summed E-state index contributed by atoms with van der Waals surface area (Å²) < 4.78 is 1.84. The Hall–Kier alpha value is -1.48. The van der Waals surface area contributed by atoms with Crippen molar-refractivity contribution in [2.45, 2.75) is 20.3 Å². The third-order valence-corrected chi connectivity index (χ3v) is 2.98. The van der Waals surface area contributed by atoms with Gasteiger partial charge >= 0.3 is 0 Å². The summed E-state index contributed by atoms with van der Waals surface area (Å²) in [5.74, 6) is 0.685. The van der Waals surface area contributed by atoms with Crippen molar-refractivity contribution in [1.29, 1.82) is 0 Å². The van der Waals surface area contributed by atoms with E-state index in [-0.39, 0.29) is 0 Å². The lowest BCUT2D eigenvalue weighted by atomic mass is 10.1. The van der Waals surface area contributed by atoms with E-state index >= 15 is 0 Å². The van der Waals surface area contributed by atoms with E-state index in [4.69, 9.17) is 11.6 Å². The van der Waals surface area contributed by atoms with Gasteiger partial charge in [-0.25, -0.2) is 4.68 Å². The van der Waals surface area contributed by atoms with Gasteiger partial charge in [-0.3, -0.25) is 0 Å². The summed E-state index contributed by atoms with van der Waals surface area (Å²) in [6.45, 7) is 5.37. The first kappa shape index (κ1) is 13.0. The molecule has 3 nitrogen and oxygen atoms in total. The molecule has 0 fully saturated rings. The van der Waals surface area contributed by atoms with Gasteiger partial charge in [0.15, 0.2) is 0 Å². The van der Waals surface area contributed by atoms with E-state index in [1.54, 1.807) is 6.20 Å². The van der Waals surface area contributed by atoms with Crippen LogP contribution in [0, 0.1) is 5.92 Å². The smallest absolute Gasteiger partial charge is 0.0877 e. The molecule has 0 amide bonds. The molecular weight excluding hydrogens is 246 g/mol. The van der Waals surface area contributed by atoms with Gasteiger partial charge in [-0.2, -0.15) is 5.10 Å². The predicted molar refractivity (Wildman–Crippen MR) is 76.5 cm³/mol. The van der Waals surface area contributed by atoms with Crippen LogP contribution in [0.4, 0.5) is 5.69 Å². The number of rotatable bonds is 5. The molecule has 18 heavy (non-hydrogen) atoms. The Labute approximate surface area is 113 Å². The molecule has 0 saturated carbocycles. The van der Waals surface area contributed by atoms with Crippen LogP contribution in [0.3, 0.4) is 0 Å². The fourth-order valence-corrected chi connectivity index (χ4v) is 1.93. The van der Waals surface area contributed by atoms with Gasteiger partial charge in [0.1, 0.15) is 0 Å². The van der Waals surface area contributed by atoms with Crippen molar-refractivity contribution < 1.29 is 0 Å². The second-order valence-electron chi connectivity index (χ2n) is 4.72. The summed E-state index contributed by atoms with van der Waals surface area (Å²) >= 11 is 6.05. The molecule has 0 radical (unpaired) electrons. The van der Waals surface area contributed by atoms with Crippen LogP contribution in [0.2, 0.25) is 5.02 Å². The highest BCUT2D eigenvalue weighted by atomic mass is 35.5. The Morgan fingerprint density at radius 2 is 2.22 bits per heavy atom. The highest BCUT2D eigenvalue weighted by Crippen LogP contribution is 2.24. The van der Waals surface area contributed by atoms with Gasteiger partial charge in [0.25, 0.3) is 0 Å². The average Bonchev–Trinajstić information content (AvgIpc) is 2.82. The summed E-state index contributed by atoms with van der Waals surface area (Å²) in [5, 5.41) is 8.42. The Bertz CT molecular complexity index is 492. The third-order valence-electron chi connectivity index (χ3n) is 2.75. The molecule has 0 bridgehead atoms. The number of nitrogens with zero attached hydrogens (tertiary/aromatic N) is 2. The first-order valence-corrected chi connectivity index (χ1v) is 6.58. The standard InChI is InChI=1S/C14H18ClN3/c1-11(2)6-8-16-13-10-12(15)4-5-14(13)18-9-3-7-17-18/h3-5,7,9-11,16H,6,8H2,1-2H3. The van der Waals surface area contributed by atoms with Crippen LogP contribution in [-0.4, -0.2) is 16.3 Å². The molecule has 0 atom stereocenters. The molecule has 4 heteroatoms. The lowest BCUT2D eigenvalue weighted by Crippen LogP contribution is -2.08. The monoisotopic (exact) mass is 263 g/mol. The number of halogens is 1. The lowest BCUT2D eigenvalue weighted by Gasteiger charge is -2.13. The van der Waals surface area contributed by atoms with E-state index in [9.17, 15) is 0 Å². The summed E-state index contributed by atoms with van der Waals surface area (Å²) in [5.41, 5.74) is 2.04. The molecule has 0 aliphatic rings. The van der Waals surface area contributed by atoms with Crippen LogP contribution in [0.5, 0.6) is 0 Å². The van der Waals surface area contributed by atoms with Crippen molar-refractivity contribution >= 4 is 17.3 Å². The van der Waals surface area contributed by atoms with E-state index in [1.807, 2.05) is 35.1 Å². The van der Waals surface area contributed by atoms with Gasteiger partial charge in [0, 0.05) is 24.0 Å². The van der Waals surface area contributed by atoms with Gasteiger partial charge < -0.3 is 5.32 Å². The second-order valence-corrected chi connectivity index (χ2v) is 5.16. The third kappa shape index (κ3) is 3.26. The summed E-state index contributed by atoms with van der Waals surface area (Å²) in [7, 11) is 0. The molecule has 2 rings (SSSR count). The van der Waals surface area contributed by atoms with E-state index in [0.717, 1.165) is 29.4 Å². The molecule has 96 valence electrons. The van der Waals surface area contributed by atoms with Gasteiger partial charge in [-0.1, -0.05) is 25.4 Å². The molecule has 0 saturated heterocycles. The van der Waals surface area contributed by atoms with Crippen molar-refractivity contribution in [1.82, 2.24) is 9.78 Å². The molecule has 1 aromatic heterocycles. The Balaban J connectivity index is 2.19. The van der Waals surface area contributed by atoms with Crippen LogP contribution in [0.25, 0.3) is 5.69 Å². The Morgan fingerprint density at radius 3 is 2.89 bits per heavy atom. The normalized spacial score (nSPS) is 10.9. The lowest BCUT2D eigenvalue weighted by molar-refractivity contribution is 0.607. The highest BCUT2D eigenvalue weighted by Gasteiger charge is 2.05. The SMILES string of the molecule is CC(C)CCNc1cc(Cl)ccc1-n1cccn1. The molecule has 0 spiro atoms. The minimum Gasteiger partial charge on any atom is -0.383 e. The number of aromatic nitrogens is 2. The summed E-state index contributed by atoms with van der Waals surface area (Å²) in [4.78, 5) is 0. The fraction of sp³-hybridized carbons (Fsp3) is 0.357. The van der Waals surface area contributed by atoms with E-state index in [1.165, 1.54) is 0 Å². The fourth-order valence-electron chi connectivity index (χ4n) is 1.76. The zero-order valence-electron chi connectivity index (χ0n) is 10.7. The molecule has 1 heterocycles. The molecule has 2 aromatic rings. The van der Waals surface area contributed by atoms with Gasteiger partial charge in [0.05, 0.1) is 11.4 Å². The quantitative estimate of drug-likeness (QED) is 0.884. The number of anilines is 1. The zero-order chi connectivity index (χ0) is 13.0. The van der Waals surface area contributed by atoms with E-state index < -0.39 is 0 Å². The maximum Gasteiger partial charge on any atom is 0.0877 e. The molecule has 0 unspecified atom stereocenters. The number of benzene rings is 1. The minimum atomic E-state index is 0.685. The van der Waals surface area contributed by atoms with Crippen LogP contribution in [-0.2, 0) is 0 Å². The number of hydrogen-bond donors (Lipinski definition) is 1. The first-order valence-electron chi connectivity index (χ1n) is 6.20. The van der Waals surface area contributed by atoms with Crippen molar-refractivity contribution in [3.8, 4) is 5.69 Å². The molecular formula is C14H18ClN3. The number of nitrogens with one attached hydrogen (secondary N) is 1. The maximum atomic E-state index is 6.05. The van der Waals surface area contributed by atoms with Gasteiger partial charge in [-0.05, 0) is 36.6 Å². The van der Waals surface area contributed by atoms with Gasteiger partial charge in [-0.15, -0.1) is 0 Å². The van der Waals surface area contributed by atoms with E-state index in [2.05, 4.69) is 24.3 Å². The zero-order valence-corrected chi connectivity index (χ0v) is 11.5. The minimum absolute atomic E-state index is 0.685. The Kier molecular flexibility index (Phi) is 4.26. The largest absolute Gasteiger partial charge is 0.383 e. The van der Waals surface area contributed by atoms with Crippen LogP contribution in [0.15, 0.2) is 36.7 Å². The summed E-state index contributed by atoms with van der Waals surface area (Å²) in [6, 6.07) is 7.71. The van der Waals surface area contributed by atoms with Crippen LogP contribution < -0.4 is 5.32 Å². The second kappa shape index (κ2) is 5.91. The summed E-state index contributed by atoms with van der Waals surface area (Å²) in [6.07, 6.45) is 4.83. The van der Waals surface area contributed by atoms with Crippen LogP contribution >= 0.6 is 11.6 Å².